The molecule has 2 aliphatic rings. The van der Waals surface area contributed by atoms with Crippen molar-refractivity contribution in [2.45, 2.75) is 26.4 Å². The SMILES string of the molecule is CC(C)(C)OC(=O)N1C[C@@H]2CN(c3ccc(C#N)cc3)C[C@@H]2C1. The molecule has 23 heavy (non-hydrogen) atoms. The minimum Gasteiger partial charge on any atom is -0.444 e. The number of hydrogen-bond donors (Lipinski definition) is 0. The average molecular weight is 313 g/mol. The molecule has 2 heterocycles. The second kappa shape index (κ2) is 5.77. The molecule has 2 atom stereocenters. The summed E-state index contributed by atoms with van der Waals surface area (Å²) in [6.45, 7) is 9.14. The molecule has 1 aromatic carbocycles. The van der Waals surface area contributed by atoms with Crippen LogP contribution in [0.1, 0.15) is 26.3 Å². The van der Waals surface area contributed by atoms with E-state index in [-0.39, 0.29) is 6.09 Å². The number of carbonyl (C=O) groups excluding carboxylic acids is 1. The molecule has 5 heteroatoms. The fourth-order valence-electron chi connectivity index (χ4n) is 3.43. The average Bonchev–Trinajstić information content (AvgIpc) is 3.04. The monoisotopic (exact) mass is 313 g/mol. The molecule has 0 saturated carbocycles. The van der Waals surface area contributed by atoms with Crippen molar-refractivity contribution in [2.24, 2.45) is 11.8 Å². The zero-order chi connectivity index (χ0) is 16.6. The molecule has 0 radical (unpaired) electrons. The van der Waals surface area contributed by atoms with Gasteiger partial charge in [-0.25, -0.2) is 4.79 Å². The molecule has 0 N–H and O–H groups in total. The van der Waals surface area contributed by atoms with Crippen LogP contribution < -0.4 is 4.90 Å². The summed E-state index contributed by atoms with van der Waals surface area (Å²) in [4.78, 5) is 16.4. The summed E-state index contributed by atoms with van der Waals surface area (Å²) in [7, 11) is 0. The highest BCUT2D eigenvalue weighted by atomic mass is 16.6. The molecule has 122 valence electrons. The van der Waals surface area contributed by atoms with E-state index in [9.17, 15) is 4.79 Å². The number of rotatable bonds is 1. The van der Waals surface area contributed by atoms with E-state index in [1.54, 1.807) is 0 Å². The number of benzene rings is 1. The van der Waals surface area contributed by atoms with E-state index in [1.165, 1.54) is 0 Å². The highest BCUT2D eigenvalue weighted by Crippen LogP contribution is 2.34. The Morgan fingerprint density at radius 3 is 2.17 bits per heavy atom. The van der Waals surface area contributed by atoms with Crippen LogP contribution in [0, 0.1) is 23.2 Å². The Morgan fingerprint density at radius 2 is 1.70 bits per heavy atom. The first-order valence-corrected chi connectivity index (χ1v) is 8.09. The molecule has 5 nitrogen and oxygen atoms in total. The lowest BCUT2D eigenvalue weighted by atomic mass is 10.0. The van der Waals surface area contributed by atoms with E-state index in [1.807, 2.05) is 49.9 Å². The van der Waals surface area contributed by atoms with Gasteiger partial charge in [0.25, 0.3) is 0 Å². The predicted molar refractivity (Wildman–Crippen MR) is 88.2 cm³/mol. The van der Waals surface area contributed by atoms with Crippen LogP contribution in [0.5, 0.6) is 0 Å². The number of likely N-dealkylation sites (tertiary alicyclic amines) is 1. The Labute approximate surface area is 137 Å². The number of ether oxygens (including phenoxy) is 1. The first kappa shape index (κ1) is 15.7. The number of nitrogens with zero attached hydrogens (tertiary/aromatic N) is 3. The Hall–Kier alpha value is -2.22. The molecule has 0 unspecified atom stereocenters. The lowest BCUT2D eigenvalue weighted by Crippen LogP contribution is -2.37. The van der Waals surface area contributed by atoms with Crippen molar-refractivity contribution >= 4 is 11.8 Å². The number of anilines is 1. The van der Waals surface area contributed by atoms with Crippen LogP contribution in [-0.4, -0.2) is 42.8 Å². The fourth-order valence-corrected chi connectivity index (χ4v) is 3.43. The summed E-state index contributed by atoms with van der Waals surface area (Å²) >= 11 is 0. The Bertz CT molecular complexity index is 613. The largest absolute Gasteiger partial charge is 0.444 e. The minimum atomic E-state index is -0.441. The van der Waals surface area contributed by atoms with Crippen molar-refractivity contribution in [3.8, 4) is 6.07 Å². The Morgan fingerprint density at radius 1 is 1.13 bits per heavy atom. The van der Waals surface area contributed by atoms with Crippen LogP contribution in [0.3, 0.4) is 0 Å². The lowest BCUT2D eigenvalue weighted by molar-refractivity contribution is 0.0282. The second-order valence-electron chi connectivity index (χ2n) is 7.47. The molecule has 2 aliphatic heterocycles. The molecular weight excluding hydrogens is 290 g/mol. The normalized spacial score (nSPS) is 23.6. The van der Waals surface area contributed by atoms with E-state index < -0.39 is 5.60 Å². The highest BCUT2D eigenvalue weighted by Gasteiger charge is 2.42. The number of hydrogen-bond acceptors (Lipinski definition) is 4. The third kappa shape index (κ3) is 3.42. The van der Waals surface area contributed by atoms with E-state index >= 15 is 0 Å². The quantitative estimate of drug-likeness (QED) is 0.800. The maximum absolute atomic E-state index is 12.2. The van der Waals surface area contributed by atoms with Crippen molar-refractivity contribution in [3.63, 3.8) is 0 Å². The van der Waals surface area contributed by atoms with Crippen molar-refractivity contribution in [1.29, 1.82) is 5.26 Å². The second-order valence-corrected chi connectivity index (χ2v) is 7.47. The third-order valence-electron chi connectivity index (χ3n) is 4.50. The summed E-state index contributed by atoms with van der Waals surface area (Å²) in [6, 6.07) is 9.87. The summed E-state index contributed by atoms with van der Waals surface area (Å²) in [5.74, 6) is 0.997. The van der Waals surface area contributed by atoms with Crippen LogP contribution in [0.15, 0.2) is 24.3 Å². The molecule has 1 amide bonds. The number of nitriles is 1. The zero-order valence-corrected chi connectivity index (χ0v) is 14.0. The standard InChI is InChI=1S/C18H23N3O2/c1-18(2,3)23-17(22)21-11-14-9-20(10-15(14)12-21)16-6-4-13(8-19)5-7-16/h4-7,14-15H,9-12H2,1-3H3/t14-,15+. The van der Waals surface area contributed by atoms with E-state index in [0.717, 1.165) is 31.9 Å². The fraction of sp³-hybridized carbons (Fsp3) is 0.556. The van der Waals surface area contributed by atoms with Gasteiger partial charge < -0.3 is 14.5 Å². The van der Waals surface area contributed by atoms with Gasteiger partial charge in [-0.05, 0) is 45.0 Å². The van der Waals surface area contributed by atoms with Gasteiger partial charge >= 0.3 is 6.09 Å². The first-order chi connectivity index (χ1) is 10.9. The van der Waals surface area contributed by atoms with Crippen LogP contribution in [0.25, 0.3) is 0 Å². The molecule has 0 aromatic heterocycles. The molecule has 0 spiro atoms. The van der Waals surface area contributed by atoms with E-state index in [4.69, 9.17) is 10.00 Å². The number of fused-ring (bicyclic) bond motifs is 1. The van der Waals surface area contributed by atoms with Crippen LogP contribution in [-0.2, 0) is 4.74 Å². The molecule has 2 fully saturated rings. The summed E-state index contributed by atoms with van der Waals surface area (Å²) < 4.78 is 5.47. The van der Waals surface area contributed by atoms with Gasteiger partial charge in [-0.1, -0.05) is 0 Å². The zero-order valence-electron chi connectivity index (χ0n) is 14.0. The van der Waals surface area contributed by atoms with Crippen molar-refractivity contribution < 1.29 is 9.53 Å². The molecule has 2 saturated heterocycles. The van der Waals surface area contributed by atoms with Gasteiger partial charge in [0.15, 0.2) is 0 Å². The van der Waals surface area contributed by atoms with Crippen LogP contribution >= 0.6 is 0 Å². The Balaban J connectivity index is 1.59. The van der Waals surface area contributed by atoms with Crippen molar-refractivity contribution in [1.82, 2.24) is 4.90 Å². The van der Waals surface area contributed by atoms with Gasteiger partial charge in [0, 0.05) is 43.7 Å². The lowest BCUT2D eigenvalue weighted by Gasteiger charge is -2.26. The molecule has 0 aliphatic carbocycles. The Kier molecular flexibility index (Phi) is 3.93. The van der Waals surface area contributed by atoms with Gasteiger partial charge in [-0.2, -0.15) is 5.26 Å². The summed E-state index contributed by atoms with van der Waals surface area (Å²) in [5, 5.41) is 8.87. The maximum Gasteiger partial charge on any atom is 0.410 e. The highest BCUT2D eigenvalue weighted by molar-refractivity contribution is 5.68. The van der Waals surface area contributed by atoms with E-state index in [2.05, 4.69) is 11.0 Å². The van der Waals surface area contributed by atoms with Crippen LogP contribution in [0.2, 0.25) is 0 Å². The number of carbonyl (C=O) groups is 1. The van der Waals surface area contributed by atoms with Gasteiger partial charge in [0.2, 0.25) is 0 Å². The van der Waals surface area contributed by atoms with Gasteiger partial charge in [0.1, 0.15) is 5.60 Å². The maximum atomic E-state index is 12.2. The van der Waals surface area contributed by atoms with Gasteiger partial charge in [0.05, 0.1) is 11.6 Å². The van der Waals surface area contributed by atoms with Gasteiger partial charge in [-0.3, -0.25) is 0 Å². The van der Waals surface area contributed by atoms with E-state index in [0.29, 0.717) is 17.4 Å². The molecule has 3 rings (SSSR count). The van der Waals surface area contributed by atoms with Crippen molar-refractivity contribution in [3.05, 3.63) is 29.8 Å². The summed E-state index contributed by atoms with van der Waals surface area (Å²) in [5.41, 5.74) is 1.40. The minimum absolute atomic E-state index is 0.197. The number of amides is 1. The predicted octanol–water partition coefficient (Wildman–Crippen LogP) is 2.86. The molecular formula is C18H23N3O2. The topological polar surface area (TPSA) is 56.6 Å². The van der Waals surface area contributed by atoms with Crippen LogP contribution in [0.4, 0.5) is 10.5 Å². The van der Waals surface area contributed by atoms with Gasteiger partial charge in [-0.15, -0.1) is 0 Å². The third-order valence-corrected chi connectivity index (χ3v) is 4.50. The first-order valence-electron chi connectivity index (χ1n) is 8.09. The molecule has 1 aromatic rings. The summed E-state index contributed by atoms with van der Waals surface area (Å²) in [6.07, 6.45) is -0.197. The smallest absolute Gasteiger partial charge is 0.410 e. The van der Waals surface area contributed by atoms with Crippen molar-refractivity contribution in [2.75, 3.05) is 31.1 Å². The molecule has 0 bridgehead atoms.